The predicted octanol–water partition coefficient (Wildman–Crippen LogP) is 1.02. The van der Waals surface area contributed by atoms with Crippen LogP contribution in [0.2, 0.25) is 0 Å². The number of amides is 1. The first kappa shape index (κ1) is 12.8. The molecule has 0 aliphatic carbocycles. The van der Waals surface area contributed by atoms with Crippen molar-refractivity contribution in [3.8, 4) is 0 Å². The third kappa shape index (κ3) is 2.46. The number of para-hydroxylation sites is 1. The Kier molecular flexibility index (Phi) is 4.58. The number of anilines is 1. The number of carbonyl (C=O) groups excluding carboxylic acids is 1. The van der Waals surface area contributed by atoms with Crippen LogP contribution in [0, 0.1) is 0 Å². The zero-order chi connectivity index (χ0) is 10.7. The maximum atomic E-state index is 11.6. The van der Waals surface area contributed by atoms with Gasteiger partial charge in [-0.05, 0) is 12.1 Å². The number of ether oxygens (including phenoxy) is 1. The van der Waals surface area contributed by atoms with Crippen molar-refractivity contribution in [3.63, 3.8) is 0 Å². The van der Waals surface area contributed by atoms with Gasteiger partial charge >= 0.3 is 0 Å². The summed E-state index contributed by atoms with van der Waals surface area (Å²) in [6.45, 7) is 0.927. The van der Waals surface area contributed by atoms with E-state index in [4.69, 9.17) is 4.74 Å². The zero-order valence-electron chi connectivity index (χ0n) is 9.05. The molecule has 5 heteroatoms. The van der Waals surface area contributed by atoms with E-state index in [-0.39, 0.29) is 24.4 Å². The molecule has 2 rings (SSSR count). The molecule has 0 radical (unpaired) electrons. The monoisotopic (exact) mass is 242 g/mol. The van der Waals surface area contributed by atoms with Crippen LogP contribution in [0.3, 0.4) is 0 Å². The lowest BCUT2D eigenvalue weighted by Gasteiger charge is -2.22. The summed E-state index contributed by atoms with van der Waals surface area (Å²) in [5, 5.41) is 2.65. The Balaban J connectivity index is 0.00000128. The summed E-state index contributed by atoms with van der Waals surface area (Å²) in [6, 6.07) is 9.60. The minimum Gasteiger partial charge on any atom is -0.358 e. The topological polar surface area (TPSA) is 41.6 Å². The molecule has 16 heavy (non-hydrogen) atoms. The molecule has 1 aromatic rings. The van der Waals surface area contributed by atoms with Crippen molar-refractivity contribution in [1.82, 2.24) is 5.32 Å². The average Bonchev–Trinajstić information content (AvgIpc) is 2.78. The van der Waals surface area contributed by atoms with E-state index in [1.807, 2.05) is 35.2 Å². The fourth-order valence-corrected chi connectivity index (χ4v) is 1.70. The summed E-state index contributed by atoms with van der Waals surface area (Å²) in [7, 11) is 1.64. The molecule has 4 nitrogen and oxygen atoms in total. The number of carbonyl (C=O) groups is 1. The molecule has 0 spiro atoms. The van der Waals surface area contributed by atoms with Crippen LogP contribution in [0.25, 0.3) is 0 Å². The second-order valence-electron chi connectivity index (χ2n) is 3.44. The zero-order valence-corrected chi connectivity index (χ0v) is 9.87. The summed E-state index contributed by atoms with van der Waals surface area (Å²) in [4.78, 5) is 13.5. The van der Waals surface area contributed by atoms with Crippen molar-refractivity contribution < 1.29 is 9.53 Å². The first-order valence-electron chi connectivity index (χ1n) is 4.94. The van der Waals surface area contributed by atoms with Crippen molar-refractivity contribution in [3.05, 3.63) is 30.3 Å². The Bertz CT molecular complexity index is 345. The average molecular weight is 243 g/mol. The molecule has 1 unspecified atom stereocenters. The SMILES string of the molecule is CNC(=O)C1COCN1c1ccccc1.Cl. The fourth-order valence-electron chi connectivity index (χ4n) is 1.70. The van der Waals surface area contributed by atoms with Gasteiger partial charge in [0.15, 0.2) is 0 Å². The lowest BCUT2D eigenvalue weighted by Crippen LogP contribution is -2.43. The number of nitrogens with one attached hydrogen (secondary N) is 1. The second-order valence-corrected chi connectivity index (χ2v) is 3.44. The maximum Gasteiger partial charge on any atom is 0.244 e. The van der Waals surface area contributed by atoms with Crippen molar-refractivity contribution >= 4 is 24.0 Å². The van der Waals surface area contributed by atoms with Gasteiger partial charge in [-0.3, -0.25) is 4.79 Å². The van der Waals surface area contributed by atoms with E-state index in [0.29, 0.717) is 13.3 Å². The van der Waals surface area contributed by atoms with E-state index >= 15 is 0 Å². The van der Waals surface area contributed by atoms with Crippen molar-refractivity contribution in [2.24, 2.45) is 0 Å². The molecule has 1 atom stereocenters. The molecule has 1 aliphatic heterocycles. The number of halogens is 1. The summed E-state index contributed by atoms with van der Waals surface area (Å²) in [5.41, 5.74) is 1.02. The van der Waals surface area contributed by atoms with Crippen LogP contribution in [-0.2, 0) is 9.53 Å². The standard InChI is InChI=1S/C11H14N2O2.ClH/c1-12-11(14)10-7-15-8-13(10)9-5-3-2-4-6-9;/h2-6,10H,7-8H2,1H3,(H,12,14);1H. The number of hydrogen-bond donors (Lipinski definition) is 1. The van der Waals surface area contributed by atoms with Crippen LogP contribution in [0.15, 0.2) is 30.3 Å². The molecular formula is C11H15ClN2O2. The second kappa shape index (κ2) is 5.72. The van der Waals surface area contributed by atoms with Gasteiger partial charge in [0.25, 0.3) is 0 Å². The van der Waals surface area contributed by atoms with Crippen molar-refractivity contribution in [2.45, 2.75) is 6.04 Å². The highest BCUT2D eigenvalue weighted by molar-refractivity contribution is 5.85. The van der Waals surface area contributed by atoms with Crippen LogP contribution in [-0.4, -0.2) is 32.3 Å². The molecule has 1 fully saturated rings. The van der Waals surface area contributed by atoms with Gasteiger partial charge in [0.1, 0.15) is 12.8 Å². The number of nitrogens with zero attached hydrogens (tertiary/aromatic N) is 1. The van der Waals surface area contributed by atoms with Crippen LogP contribution in [0.1, 0.15) is 0 Å². The third-order valence-electron chi connectivity index (χ3n) is 2.52. The Morgan fingerprint density at radius 3 is 2.75 bits per heavy atom. The molecule has 0 bridgehead atoms. The van der Waals surface area contributed by atoms with E-state index in [0.717, 1.165) is 5.69 Å². The first-order valence-corrected chi connectivity index (χ1v) is 4.94. The minimum atomic E-state index is -0.211. The van der Waals surface area contributed by atoms with Crippen LogP contribution < -0.4 is 10.2 Å². The molecule has 1 N–H and O–H groups in total. The lowest BCUT2D eigenvalue weighted by molar-refractivity contribution is -0.121. The molecule has 1 aliphatic rings. The van der Waals surface area contributed by atoms with Gasteiger partial charge in [0.05, 0.1) is 6.61 Å². The normalized spacial score (nSPS) is 19.1. The summed E-state index contributed by atoms with van der Waals surface area (Å²) >= 11 is 0. The molecule has 1 saturated heterocycles. The molecule has 0 saturated carbocycles. The Morgan fingerprint density at radius 2 is 2.12 bits per heavy atom. The fraction of sp³-hybridized carbons (Fsp3) is 0.364. The molecule has 1 amide bonds. The third-order valence-corrected chi connectivity index (χ3v) is 2.52. The quantitative estimate of drug-likeness (QED) is 0.842. The Morgan fingerprint density at radius 1 is 1.44 bits per heavy atom. The molecular weight excluding hydrogens is 228 g/mol. The Labute approximate surface area is 101 Å². The Hall–Kier alpha value is -1.26. The van der Waals surface area contributed by atoms with Gasteiger partial charge in [-0.1, -0.05) is 18.2 Å². The highest BCUT2D eigenvalue weighted by atomic mass is 35.5. The number of hydrogen-bond acceptors (Lipinski definition) is 3. The summed E-state index contributed by atoms with van der Waals surface area (Å²) in [5.74, 6) is -0.00338. The molecule has 1 aromatic carbocycles. The van der Waals surface area contributed by atoms with Crippen molar-refractivity contribution in [1.29, 1.82) is 0 Å². The van der Waals surface area contributed by atoms with Crippen molar-refractivity contribution in [2.75, 3.05) is 25.3 Å². The van der Waals surface area contributed by atoms with E-state index in [1.54, 1.807) is 7.05 Å². The van der Waals surface area contributed by atoms with Gasteiger partial charge in [0.2, 0.25) is 5.91 Å². The van der Waals surface area contributed by atoms with Gasteiger partial charge in [-0.25, -0.2) is 0 Å². The highest BCUT2D eigenvalue weighted by Gasteiger charge is 2.30. The van der Waals surface area contributed by atoms with E-state index in [2.05, 4.69) is 5.32 Å². The van der Waals surface area contributed by atoms with Gasteiger partial charge in [0, 0.05) is 12.7 Å². The number of rotatable bonds is 2. The van der Waals surface area contributed by atoms with Crippen LogP contribution in [0.4, 0.5) is 5.69 Å². The maximum absolute atomic E-state index is 11.6. The van der Waals surface area contributed by atoms with E-state index in [1.165, 1.54) is 0 Å². The van der Waals surface area contributed by atoms with Gasteiger partial charge in [-0.2, -0.15) is 0 Å². The number of benzene rings is 1. The lowest BCUT2D eigenvalue weighted by atomic mass is 10.2. The van der Waals surface area contributed by atoms with Crippen LogP contribution >= 0.6 is 12.4 Å². The molecule has 0 aromatic heterocycles. The number of likely N-dealkylation sites (N-methyl/N-ethyl adjacent to an activating group) is 1. The minimum absolute atomic E-state index is 0. The summed E-state index contributed by atoms with van der Waals surface area (Å²) < 4.78 is 5.31. The highest BCUT2D eigenvalue weighted by Crippen LogP contribution is 2.20. The first-order chi connectivity index (χ1) is 7.33. The van der Waals surface area contributed by atoms with Gasteiger partial charge in [-0.15, -0.1) is 12.4 Å². The molecule has 1 heterocycles. The van der Waals surface area contributed by atoms with Gasteiger partial charge < -0.3 is 15.0 Å². The molecule has 88 valence electrons. The smallest absolute Gasteiger partial charge is 0.244 e. The predicted molar refractivity (Wildman–Crippen MR) is 64.8 cm³/mol. The largest absolute Gasteiger partial charge is 0.358 e. The summed E-state index contributed by atoms with van der Waals surface area (Å²) in [6.07, 6.45) is 0. The van der Waals surface area contributed by atoms with E-state index in [9.17, 15) is 4.79 Å². The van der Waals surface area contributed by atoms with Crippen LogP contribution in [0.5, 0.6) is 0 Å². The van der Waals surface area contributed by atoms with E-state index < -0.39 is 0 Å².